The Kier molecular flexibility index (Phi) is 4.90. The molecule has 1 saturated heterocycles. The molecule has 0 saturated carbocycles. The number of ether oxygens (including phenoxy) is 2. The summed E-state index contributed by atoms with van der Waals surface area (Å²) in [6.45, 7) is 0.939. The van der Waals surface area contributed by atoms with Crippen molar-refractivity contribution in [2.24, 2.45) is 0 Å². The van der Waals surface area contributed by atoms with Gasteiger partial charge in [-0.1, -0.05) is 0 Å². The Morgan fingerprint density at radius 1 is 1.33 bits per heavy atom. The summed E-state index contributed by atoms with van der Waals surface area (Å²) in [5, 5.41) is 12.0. The predicted molar refractivity (Wildman–Crippen MR) is 84.9 cm³/mol. The maximum Gasteiger partial charge on any atom is 0.335 e. The molecule has 126 valence electrons. The third kappa shape index (κ3) is 3.80. The number of carboxylic acids is 1. The number of aromatic nitrogens is 1. The molecule has 2 aromatic rings. The summed E-state index contributed by atoms with van der Waals surface area (Å²) in [4.78, 5) is 14.6. The zero-order valence-electron chi connectivity index (χ0n) is 12.8. The normalized spacial score (nSPS) is 20.4. The molecule has 6 nitrogen and oxygen atoms in total. The maximum atomic E-state index is 13.8. The summed E-state index contributed by atoms with van der Waals surface area (Å²) in [5.74, 6) is -0.859. The van der Waals surface area contributed by atoms with Gasteiger partial charge >= 0.3 is 5.97 Å². The van der Waals surface area contributed by atoms with Crippen LogP contribution in [0.5, 0.6) is 5.75 Å². The lowest BCUT2D eigenvalue weighted by Crippen LogP contribution is -2.45. The summed E-state index contributed by atoms with van der Waals surface area (Å²) in [6.07, 6.45) is 3.08. The Labute approximate surface area is 138 Å². The Morgan fingerprint density at radius 2 is 2.12 bits per heavy atom. The van der Waals surface area contributed by atoms with E-state index in [9.17, 15) is 9.18 Å². The minimum absolute atomic E-state index is 0.197. The Balaban J connectivity index is 1.70. The Hall–Kier alpha value is -2.67. The fourth-order valence-corrected chi connectivity index (χ4v) is 2.54. The number of nitrogens with one attached hydrogen (secondary N) is 1. The van der Waals surface area contributed by atoms with Crippen LogP contribution in [0.4, 0.5) is 10.1 Å². The fourth-order valence-electron chi connectivity index (χ4n) is 2.54. The van der Waals surface area contributed by atoms with Gasteiger partial charge in [0.25, 0.3) is 0 Å². The van der Waals surface area contributed by atoms with Crippen molar-refractivity contribution in [3.05, 3.63) is 54.1 Å². The van der Waals surface area contributed by atoms with Gasteiger partial charge in [0.05, 0.1) is 36.7 Å². The molecule has 1 aromatic heterocycles. The predicted octanol–water partition coefficient (Wildman–Crippen LogP) is 2.57. The van der Waals surface area contributed by atoms with E-state index in [0.717, 1.165) is 6.20 Å². The van der Waals surface area contributed by atoms with Crippen LogP contribution in [-0.4, -0.2) is 41.4 Å². The summed E-state index contributed by atoms with van der Waals surface area (Å²) < 4.78 is 25.2. The third-order valence-electron chi connectivity index (χ3n) is 3.79. The van der Waals surface area contributed by atoms with E-state index in [1.54, 1.807) is 18.2 Å². The molecule has 2 atom stereocenters. The van der Waals surface area contributed by atoms with E-state index < -0.39 is 11.8 Å². The molecule has 2 heterocycles. The molecular weight excluding hydrogens is 315 g/mol. The highest BCUT2D eigenvalue weighted by Crippen LogP contribution is 2.22. The quantitative estimate of drug-likeness (QED) is 0.876. The van der Waals surface area contributed by atoms with Crippen molar-refractivity contribution in [2.75, 3.05) is 18.5 Å². The van der Waals surface area contributed by atoms with Gasteiger partial charge < -0.3 is 19.9 Å². The zero-order valence-corrected chi connectivity index (χ0v) is 12.8. The van der Waals surface area contributed by atoms with Crippen LogP contribution < -0.4 is 10.1 Å². The smallest absolute Gasteiger partial charge is 0.335 e. The monoisotopic (exact) mass is 332 g/mol. The molecule has 7 heteroatoms. The number of pyridine rings is 1. The molecule has 0 unspecified atom stereocenters. The van der Waals surface area contributed by atoms with E-state index in [1.807, 2.05) is 0 Å². The van der Waals surface area contributed by atoms with Crippen LogP contribution in [0.3, 0.4) is 0 Å². The van der Waals surface area contributed by atoms with Crippen LogP contribution >= 0.6 is 0 Å². The highest BCUT2D eigenvalue weighted by Gasteiger charge is 2.28. The molecular formula is C17H17FN2O4. The molecule has 0 radical (unpaired) electrons. The minimum Gasteiger partial charge on any atom is -0.488 e. The SMILES string of the molecule is O=C(O)c1ccc(O[C@@H]2CCOC[C@H]2Nc2ccncc2F)cc1. The number of rotatable bonds is 5. The zero-order chi connectivity index (χ0) is 16.9. The van der Waals surface area contributed by atoms with Crippen molar-refractivity contribution in [1.29, 1.82) is 0 Å². The first kappa shape index (κ1) is 16.2. The van der Waals surface area contributed by atoms with Gasteiger partial charge in [-0.05, 0) is 30.3 Å². The molecule has 3 rings (SSSR count). The average molecular weight is 332 g/mol. The van der Waals surface area contributed by atoms with Gasteiger partial charge in [-0.2, -0.15) is 0 Å². The lowest BCUT2D eigenvalue weighted by molar-refractivity contribution is 0.0147. The lowest BCUT2D eigenvalue weighted by Gasteiger charge is -2.33. The number of carbonyl (C=O) groups is 1. The van der Waals surface area contributed by atoms with Crippen molar-refractivity contribution in [3.63, 3.8) is 0 Å². The van der Waals surface area contributed by atoms with Gasteiger partial charge in [-0.25, -0.2) is 9.18 Å². The Bertz CT molecular complexity index is 708. The van der Waals surface area contributed by atoms with Gasteiger partial charge in [0, 0.05) is 12.6 Å². The number of carboxylic acid groups (broad SMARTS) is 1. The van der Waals surface area contributed by atoms with E-state index in [-0.39, 0.29) is 17.7 Å². The molecule has 0 amide bonds. The summed E-state index contributed by atoms with van der Waals surface area (Å²) >= 11 is 0. The molecule has 1 fully saturated rings. The maximum absolute atomic E-state index is 13.8. The molecule has 0 bridgehead atoms. The van der Waals surface area contributed by atoms with E-state index in [2.05, 4.69) is 10.3 Å². The molecule has 0 spiro atoms. The summed E-state index contributed by atoms with van der Waals surface area (Å²) in [6, 6.07) is 7.54. The van der Waals surface area contributed by atoms with E-state index in [4.69, 9.17) is 14.6 Å². The minimum atomic E-state index is -0.986. The van der Waals surface area contributed by atoms with Crippen LogP contribution in [0.2, 0.25) is 0 Å². The number of hydrogen-bond acceptors (Lipinski definition) is 5. The molecule has 0 aliphatic carbocycles. The van der Waals surface area contributed by atoms with Gasteiger partial charge in [0.1, 0.15) is 11.9 Å². The molecule has 1 aliphatic heterocycles. The van der Waals surface area contributed by atoms with E-state index in [0.29, 0.717) is 31.1 Å². The second-order valence-electron chi connectivity index (χ2n) is 5.46. The lowest BCUT2D eigenvalue weighted by atomic mass is 10.1. The van der Waals surface area contributed by atoms with Gasteiger partial charge in [-0.3, -0.25) is 4.98 Å². The van der Waals surface area contributed by atoms with Crippen molar-refractivity contribution in [1.82, 2.24) is 4.98 Å². The number of benzene rings is 1. The van der Waals surface area contributed by atoms with Gasteiger partial charge in [0.15, 0.2) is 5.82 Å². The summed E-state index contributed by atoms with van der Waals surface area (Å²) in [5.41, 5.74) is 0.540. The van der Waals surface area contributed by atoms with Gasteiger partial charge in [-0.15, -0.1) is 0 Å². The average Bonchev–Trinajstić information content (AvgIpc) is 2.59. The number of hydrogen-bond donors (Lipinski definition) is 2. The number of halogens is 1. The van der Waals surface area contributed by atoms with Crippen LogP contribution in [-0.2, 0) is 4.74 Å². The van der Waals surface area contributed by atoms with E-state index >= 15 is 0 Å². The largest absolute Gasteiger partial charge is 0.488 e. The van der Waals surface area contributed by atoms with Crippen molar-refractivity contribution < 1.29 is 23.8 Å². The molecule has 24 heavy (non-hydrogen) atoms. The third-order valence-corrected chi connectivity index (χ3v) is 3.79. The van der Waals surface area contributed by atoms with E-state index in [1.165, 1.54) is 18.3 Å². The van der Waals surface area contributed by atoms with Crippen LogP contribution in [0.25, 0.3) is 0 Å². The first-order valence-corrected chi connectivity index (χ1v) is 7.57. The van der Waals surface area contributed by atoms with Gasteiger partial charge in [0.2, 0.25) is 0 Å². The van der Waals surface area contributed by atoms with Crippen molar-refractivity contribution in [2.45, 2.75) is 18.6 Å². The Morgan fingerprint density at radius 3 is 2.83 bits per heavy atom. The number of aromatic carboxylic acids is 1. The molecule has 1 aromatic carbocycles. The second kappa shape index (κ2) is 7.27. The first-order chi connectivity index (χ1) is 11.6. The van der Waals surface area contributed by atoms with Crippen molar-refractivity contribution >= 4 is 11.7 Å². The fraction of sp³-hybridized carbons (Fsp3) is 0.294. The second-order valence-corrected chi connectivity index (χ2v) is 5.46. The molecule has 1 aliphatic rings. The number of nitrogens with zero attached hydrogens (tertiary/aromatic N) is 1. The molecule has 2 N–H and O–H groups in total. The van der Waals surface area contributed by atoms with Crippen molar-refractivity contribution in [3.8, 4) is 5.75 Å². The standard InChI is InChI=1S/C17H17FN2O4/c18-13-9-19-7-5-14(13)20-15-10-23-8-6-16(15)24-12-3-1-11(2-4-12)17(21)22/h1-5,7,9,15-16H,6,8,10H2,(H,19,20)(H,21,22)/t15-,16-/m1/s1. The topological polar surface area (TPSA) is 80.7 Å². The highest BCUT2D eigenvalue weighted by atomic mass is 19.1. The summed E-state index contributed by atoms with van der Waals surface area (Å²) in [7, 11) is 0. The van der Waals surface area contributed by atoms with Crippen LogP contribution in [0.1, 0.15) is 16.8 Å². The number of anilines is 1. The highest BCUT2D eigenvalue weighted by molar-refractivity contribution is 5.87. The van der Waals surface area contributed by atoms with Crippen LogP contribution in [0.15, 0.2) is 42.7 Å². The first-order valence-electron chi connectivity index (χ1n) is 7.57. The van der Waals surface area contributed by atoms with Crippen LogP contribution in [0, 0.1) is 5.82 Å².